The fourth-order valence-electron chi connectivity index (χ4n) is 6.32. The number of rotatable bonds is 26. The van der Waals surface area contributed by atoms with E-state index >= 15 is 0 Å². The fourth-order valence-corrected chi connectivity index (χ4v) is 6.32. The summed E-state index contributed by atoms with van der Waals surface area (Å²) < 4.78 is 31.0. The summed E-state index contributed by atoms with van der Waals surface area (Å²) in [7, 11) is 3.93. The lowest BCUT2D eigenvalue weighted by Gasteiger charge is -2.11. The van der Waals surface area contributed by atoms with Crippen LogP contribution in [-0.2, 0) is 93.3 Å². The second kappa shape index (κ2) is 25.8. The second-order valence-corrected chi connectivity index (χ2v) is 14.5. The normalized spacial score (nSPS) is 10.7. The minimum Gasteiger partial charge on any atom is -0.465 e. The van der Waals surface area contributed by atoms with Crippen LogP contribution in [0.25, 0.3) is 0 Å². The summed E-state index contributed by atoms with van der Waals surface area (Å²) in [5.74, 6) is -2.65. The zero-order valence-electron chi connectivity index (χ0n) is 36.2. The van der Waals surface area contributed by atoms with Gasteiger partial charge in [-0.15, -0.1) is 0 Å². The molecule has 1 aromatic carbocycles. The lowest BCUT2D eigenvalue weighted by molar-refractivity contribution is -0.688. The number of aryl methyl sites for hydroxylation is 3. The molecule has 3 heterocycles. The van der Waals surface area contributed by atoms with E-state index in [4.69, 9.17) is 33.5 Å². The van der Waals surface area contributed by atoms with Gasteiger partial charge in [-0.3, -0.25) is 0 Å². The van der Waals surface area contributed by atoms with Gasteiger partial charge in [0.15, 0.2) is 56.8 Å². The molecule has 0 atom stereocenters. The summed E-state index contributed by atoms with van der Waals surface area (Å²) in [6.07, 6.45) is 14.7. The number of aromatic nitrogens is 3. The molecule has 4 rings (SSSR count). The quantitative estimate of drug-likeness (QED) is 0.0167. The van der Waals surface area contributed by atoms with E-state index < -0.39 is 29.8 Å². The van der Waals surface area contributed by atoms with Crippen LogP contribution in [0.5, 0.6) is 0 Å². The summed E-state index contributed by atoms with van der Waals surface area (Å²) in [5.41, 5.74) is 4.74. The maximum atomic E-state index is 13.3. The molecule has 0 fully saturated rings. The van der Waals surface area contributed by atoms with E-state index in [9.17, 15) is 24.0 Å². The zero-order chi connectivity index (χ0) is 45.6. The molecule has 332 valence electrons. The SMILES string of the molecule is C=C(C[n+]1cccc(CCCOOCc2cc(C(=O)OCCCc3ccc[n+](CC(=C)C(=O)OC)c3)cc(C(=O)OCCCc3ccc[n+](CC(=C)C(=O)OC)c3)c2)c1)C(=O)OC. The number of esters is 5. The first-order chi connectivity index (χ1) is 30.4. The number of pyridine rings is 3. The van der Waals surface area contributed by atoms with Crippen LogP contribution in [0.4, 0.5) is 0 Å². The van der Waals surface area contributed by atoms with Crippen molar-refractivity contribution >= 4 is 29.8 Å². The molecule has 15 heteroatoms. The fraction of sp³-hybridized carbons (Fsp3) is 0.333. The van der Waals surface area contributed by atoms with Crippen LogP contribution >= 0.6 is 0 Å². The Morgan fingerprint density at radius 1 is 0.492 bits per heavy atom. The molecule has 0 saturated carbocycles. The number of hydrogen-bond acceptors (Lipinski definition) is 12. The van der Waals surface area contributed by atoms with Crippen molar-refractivity contribution in [3.8, 4) is 0 Å². The van der Waals surface area contributed by atoms with Gasteiger partial charge in [-0.05, 0) is 80.5 Å². The van der Waals surface area contributed by atoms with Crippen LogP contribution in [0.15, 0.2) is 128 Å². The number of methoxy groups -OCH3 is 3. The van der Waals surface area contributed by atoms with E-state index in [2.05, 4.69) is 19.7 Å². The Hall–Kier alpha value is -6.84. The number of carbonyl (C=O) groups is 5. The molecule has 4 aromatic rings. The van der Waals surface area contributed by atoms with Crippen molar-refractivity contribution in [3.05, 3.63) is 162 Å². The lowest BCUT2D eigenvalue weighted by Crippen LogP contribution is -2.35. The summed E-state index contributed by atoms with van der Waals surface area (Å²) in [5, 5.41) is 0. The van der Waals surface area contributed by atoms with Gasteiger partial charge < -0.3 is 23.7 Å². The molecule has 0 aliphatic carbocycles. The van der Waals surface area contributed by atoms with Crippen LogP contribution in [0.2, 0.25) is 0 Å². The molecule has 63 heavy (non-hydrogen) atoms. The highest BCUT2D eigenvalue weighted by Gasteiger charge is 2.18. The highest BCUT2D eigenvalue weighted by Crippen LogP contribution is 2.16. The Balaban J connectivity index is 1.33. The van der Waals surface area contributed by atoms with Gasteiger partial charge in [-0.2, -0.15) is 0 Å². The van der Waals surface area contributed by atoms with E-state index in [-0.39, 0.29) is 50.6 Å². The molecule has 0 aliphatic rings. The summed E-state index contributed by atoms with van der Waals surface area (Å²) in [6.45, 7) is 12.6. The zero-order valence-corrected chi connectivity index (χ0v) is 36.2. The number of ether oxygens (including phenoxy) is 5. The standard InChI is InChI=1S/C48H56N3O12/c1-35(44(52)57-4)28-49-19-7-13-38(31-49)16-10-22-60-47(55)42-25-41(34-63-62-24-12-18-40-15-9-21-51(33-40)30-37(3)46(54)59-6)26-43(27-42)48(56)61-23-11-17-39-14-8-20-50(32-39)29-36(2)45(53)58-5/h7-9,13-15,19-21,25-27,31-33H,1-3,10-12,16-18,22-24,28-30,34H2,4-6H3/q+3. The van der Waals surface area contributed by atoms with Crippen LogP contribution in [0.1, 0.15) is 62.2 Å². The van der Waals surface area contributed by atoms with Gasteiger partial charge in [-0.1, -0.05) is 19.7 Å². The Labute approximate surface area is 367 Å². The molecule has 0 amide bonds. The predicted molar refractivity (Wildman–Crippen MR) is 226 cm³/mol. The Kier molecular flexibility index (Phi) is 20.0. The van der Waals surface area contributed by atoms with Crippen molar-refractivity contribution in [1.82, 2.24) is 0 Å². The number of hydrogen-bond donors (Lipinski definition) is 0. The van der Waals surface area contributed by atoms with Gasteiger partial charge in [0.2, 0.25) is 0 Å². The molecule has 15 nitrogen and oxygen atoms in total. The van der Waals surface area contributed by atoms with E-state index in [1.807, 2.05) is 87.3 Å². The predicted octanol–water partition coefficient (Wildman–Crippen LogP) is 4.40. The smallest absolute Gasteiger partial charge is 0.339 e. The van der Waals surface area contributed by atoms with Crippen molar-refractivity contribution in [1.29, 1.82) is 0 Å². The molecular weight excluding hydrogens is 811 g/mol. The molecule has 0 radical (unpaired) electrons. The van der Waals surface area contributed by atoms with E-state index in [1.165, 1.54) is 27.4 Å². The van der Waals surface area contributed by atoms with Gasteiger partial charge >= 0.3 is 29.8 Å². The van der Waals surface area contributed by atoms with Gasteiger partial charge in [0.25, 0.3) is 0 Å². The molecule has 0 spiro atoms. The summed E-state index contributed by atoms with van der Waals surface area (Å²) in [6, 6.07) is 16.1. The summed E-state index contributed by atoms with van der Waals surface area (Å²) in [4.78, 5) is 72.9. The van der Waals surface area contributed by atoms with E-state index in [0.29, 0.717) is 67.4 Å². The van der Waals surface area contributed by atoms with E-state index in [0.717, 1.165) is 16.7 Å². The number of benzene rings is 1. The van der Waals surface area contributed by atoms with Gasteiger partial charge in [0.05, 0.1) is 69.0 Å². The van der Waals surface area contributed by atoms with Crippen LogP contribution < -0.4 is 13.7 Å². The minimum atomic E-state index is -0.619. The molecule has 0 unspecified atom stereocenters. The topological polar surface area (TPSA) is 162 Å². The third kappa shape index (κ3) is 16.9. The highest BCUT2D eigenvalue weighted by atomic mass is 17.2. The van der Waals surface area contributed by atoms with Crippen molar-refractivity contribution in [2.45, 2.75) is 64.8 Å². The maximum absolute atomic E-state index is 13.3. The molecular formula is C48H56N3O12+3. The van der Waals surface area contributed by atoms with Gasteiger partial charge in [-0.25, -0.2) is 47.4 Å². The first-order valence-electron chi connectivity index (χ1n) is 20.3. The highest BCUT2D eigenvalue weighted by molar-refractivity contribution is 5.95. The van der Waals surface area contributed by atoms with Gasteiger partial charge in [0, 0.05) is 34.9 Å². The number of carbonyl (C=O) groups excluding carboxylic acids is 5. The van der Waals surface area contributed by atoms with Crippen LogP contribution in [-0.4, -0.2) is 71.0 Å². The average Bonchev–Trinajstić information content (AvgIpc) is 3.29. The van der Waals surface area contributed by atoms with E-state index in [1.54, 1.807) is 12.1 Å². The molecule has 0 saturated heterocycles. The summed E-state index contributed by atoms with van der Waals surface area (Å²) >= 11 is 0. The van der Waals surface area contributed by atoms with Crippen molar-refractivity contribution in [2.24, 2.45) is 0 Å². The van der Waals surface area contributed by atoms with Gasteiger partial charge in [0.1, 0.15) is 6.61 Å². The first-order valence-corrected chi connectivity index (χ1v) is 20.3. The largest absolute Gasteiger partial charge is 0.465 e. The van der Waals surface area contributed by atoms with Crippen molar-refractivity contribution < 1.29 is 71.1 Å². The maximum Gasteiger partial charge on any atom is 0.339 e. The van der Waals surface area contributed by atoms with Crippen molar-refractivity contribution in [3.63, 3.8) is 0 Å². The molecule has 0 N–H and O–H groups in total. The first kappa shape index (κ1) is 48.8. The minimum absolute atomic E-state index is 0.0603. The third-order valence-corrected chi connectivity index (χ3v) is 9.45. The Morgan fingerprint density at radius 3 is 1.22 bits per heavy atom. The lowest BCUT2D eigenvalue weighted by atomic mass is 10.1. The molecule has 0 bridgehead atoms. The third-order valence-electron chi connectivity index (χ3n) is 9.45. The second-order valence-electron chi connectivity index (χ2n) is 14.5. The van der Waals surface area contributed by atoms with Crippen LogP contribution in [0.3, 0.4) is 0 Å². The average molecular weight is 867 g/mol. The van der Waals surface area contributed by atoms with Crippen LogP contribution in [0, 0.1) is 0 Å². The molecule has 0 aliphatic heterocycles. The monoisotopic (exact) mass is 866 g/mol. The Bertz CT molecular complexity index is 2160. The van der Waals surface area contributed by atoms with Crippen molar-refractivity contribution in [2.75, 3.05) is 41.2 Å². The number of nitrogens with zero attached hydrogens (tertiary/aromatic N) is 3. The Morgan fingerprint density at radius 2 is 0.857 bits per heavy atom. The molecule has 3 aromatic heterocycles.